The van der Waals surface area contributed by atoms with Gasteiger partial charge in [-0.3, -0.25) is 4.79 Å². The van der Waals surface area contributed by atoms with Crippen molar-refractivity contribution < 1.29 is 9.90 Å². The Hall–Kier alpha value is -1.43. The molecular weight excluding hydrogens is 278 g/mol. The third-order valence-electron chi connectivity index (χ3n) is 2.53. The van der Waals surface area contributed by atoms with E-state index in [9.17, 15) is 9.90 Å². The number of hydrogen-bond donors (Lipinski definition) is 2. The van der Waals surface area contributed by atoms with Crippen molar-refractivity contribution in [2.45, 2.75) is 12.5 Å². The Balaban J connectivity index is 1.69. The van der Waals surface area contributed by atoms with E-state index in [1.54, 1.807) is 17.4 Å². The van der Waals surface area contributed by atoms with E-state index in [0.717, 1.165) is 9.75 Å². The normalized spacial score (nSPS) is 12.7. The quantitative estimate of drug-likeness (QED) is 0.804. The van der Waals surface area contributed by atoms with Gasteiger partial charge in [-0.15, -0.1) is 22.7 Å². The highest BCUT2D eigenvalue weighted by Gasteiger charge is 2.08. The third-order valence-corrected chi connectivity index (χ3v) is 4.34. The SMILES string of the molecule is O=C(/C=C/c1cccs1)NCC[C@H](O)c1cccs1. The minimum Gasteiger partial charge on any atom is -0.388 e. The maximum absolute atomic E-state index is 11.5. The fourth-order valence-electron chi connectivity index (χ4n) is 1.56. The van der Waals surface area contributed by atoms with Crippen molar-refractivity contribution in [2.75, 3.05) is 6.54 Å². The molecule has 2 rings (SSSR count). The smallest absolute Gasteiger partial charge is 0.244 e. The van der Waals surface area contributed by atoms with Crippen LogP contribution in [0, 0.1) is 0 Å². The highest BCUT2D eigenvalue weighted by Crippen LogP contribution is 2.20. The molecule has 100 valence electrons. The van der Waals surface area contributed by atoms with Crippen molar-refractivity contribution in [1.29, 1.82) is 0 Å². The van der Waals surface area contributed by atoms with Gasteiger partial charge in [0.2, 0.25) is 5.91 Å². The zero-order valence-corrected chi connectivity index (χ0v) is 11.9. The van der Waals surface area contributed by atoms with Crippen LogP contribution in [-0.4, -0.2) is 17.6 Å². The van der Waals surface area contributed by atoms with E-state index in [2.05, 4.69) is 5.32 Å². The number of aliphatic hydroxyl groups is 1. The standard InChI is InChI=1S/C14H15NO2S2/c16-12(13-4-2-10-19-13)7-8-15-14(17)6-5-11-3-1-9-18-11/h1-6,9-10,12,16H,7-8H2,(H,15,17)/b6-5+/t12-/m0/s1. The van der Waals surface area contributed by atoms with Gasteiger partial charge >= 0.3 is 0 Å². The van der Waals surface area contributed by atoms with Crippen molar-refractivity contribution in [1.82, 2.24) is 5.32 Å². The maximum Gasteiger partial charge on any atom is 0.244 e. The minimum absolute atomic E-state index is 0.133. The molecule has 19 heavy (non-hydrogen) atoms. The molecule has 0 aliphatic heterocycles. The molecule has 1 amide bonds. The van der Waals surface area contributed by atoms with Crippen LogP contribution >= 0.6 is 22.7 Å². The summed E-state index contributed by atoms with van der Waals surface area (Å²) in [5.74, 6) is -0.133. The van der Waals surface area contributed by atoms with Gasteiger partial charge in [0.15, 0.2) is 0 Å². The molecule has 0 radical (unpaired) electrons. The predicted molar refractivity (Wildman–Crippen MR) is 80.3 cm³/mol. The van der Waals surface area contributed by atoms with E-state index in [1.807, 2.05) is 35.0 Å². The first kappa shape index (κ1) is 14.0. The maximum atomic E-state index is 11.5. The highest BCUT2D eigenvalue weighted by atomic mass is 32.1. The second-order valence-corrected chi connectivity index (χ2v) is 5.92. The van der Waals surface area contributed by atoms with Crippen molar-refractivity contribution in [3.8, 4) is 0 Å². The lowest BCUT2D eigenvalue weighted by atomic mass is 10.2. The predicted octanol–water partition coefficient (Wildman–Crippen LogP) is 3.06. The average molecular weight is 293 g/mol. The van der Waals surface area contributed by atoms with Gasteiger partial charge in [0.25, 0.3) is 0 Å². The molecule has 3 nitrogen and oxygen atoms in total. The summed E-state index contributed by atoms with van der Waals surface area (Å²) in [5, 5.41) is 16.5. The number of thiophene rings is 2. The Morgan fingerprint density at radius 2 is 2.11 bits per heavy atom. The van der Waals surface area contributed by atoms with Crippen LogP contribution in [0.3, 0.4) is 0 Å². The van der Waals surface area contributed by atoms with Crippen molar-refractivity contribution in [2.24, 2.45) is 0 Å². The number of carbonyl (C=O) groups is 1. The van der Waals surface area contributed by atoms with Crippen LogP contribution in [0.4, 0.5) is 0 Å². The second-order valence-electron chi connectivity index (χ2n) is 3.96. The molecule has 0 bridgehead atoms. The highest BCUT2D eigenvalue weighted by molar-refractivity contribution is 7.10. The summed E-state index contributed by atoms with van der Waals surface area (Å²) < 4.78 is 0. The summed E-state index contributed by atoms with van der Waals surface area (Å²) in [6, 6.07) is 7.70. The lowest BCUT2D eigenvalue weighted by molar-refractivity contribution is -0.116. The van der Waals surface area contributed by atoms with Crippen LogP contribution in [0.5, 0.6) is 0 Å². The molecule has 2 aromatic rings. The molecule has 0 saturated heterocycles. The van der Waals surface area contributed by atoms with E-state index in [4.69, 9.17) is 0 Å². The summed E-state index contributed by atoms with van der Waals surface area (Å²) in [7, 11) is 0. The van der Waals surface area contributed by atoms with Gasteiger partial charge < -0.3 is 10.4 Å². The molecular formula is C14H15NO2S2. The Morgan fingerprint density at radius 1 is 1.32 bits per heavy atom. The number of amides is 1. The van der Waals surface area contributed by atoms with Gasteiger partial charge in [0.1, 0.15) is 0 Å². The summed E-state index contributed by atoms with van der Waals surface area (Å²) in [6.07, 6.45) is 3.33. The van der Waals surface area contributed by atoms with Crippen LogP contribution < -0.4 is 5.32 Å². The average Bonchev–Trinajstić information content (AvgIpc) is 3.09. The van der Waals surface area contributed by atoms with E-state index in [0.29, 0.717) is 13.0 Å². The minimum atomic E-state index is -0.499. The van der Waals surface area contributed by atoms with Gasteiger partial charge in [0, 0.05) is 22.4 Å². The summed E-state index contributed by atoms with van der Waals surface area (Å²) in [5.41, 5.74) is 0. The van der Waals surface area contributed by atoms with Gasteiger partial charge in [-0.05, 0) is 35.4 Å². The summed E-state index contributed by atoms with van der Waals surface area (Å²) in [6.45, 7) is 0.465. The first-order chi connectivity index (χ1) is 9.25. The molecule has 2 aromatic heterocycles. The molecule has 0 spiro atoms. The Bertz CT molecular complexity index is 518. The largest absolute Gasteiger partial charge is 0.388 e. The Morgan fingerprint density at radius 3 is 2.79 bits per heavy atom. The number of aliphatic hydroxyl groups excluding tert-OH is 1. The summed E-state index contributed by atoms with van der Waals surface area (Å²) >= 11 is 3.11. The van der Waals surface area contributed by atoms with E-state index in [1.165, 1.54) is 17.4 Å². The van der Waals surface area contributed by atoms with Crippen LogP contribution in [0.2, 0.25) is 0 Å². The number of nitrogens with one attached hydrogen (secondary N) is 1. The van der Waals surface area contributed by atoms with Crippen LogP contribution in [0.15, 0.2) is 41.1 Å². The first-order valence-electron chi connectivity index (χ1n) is 5.96. The lowest BCUT2D eigenvalue weighted by Crippen LogP contribution is -2.23. The van der Waals surface area contributed by atoms with Crippen LogP contribution in [0.25, 0.3) is 6.08 Å². The molecule has 5 heteroatoms. The molecule has 0 unspecified atom stereocenters. The van der Waals surface area contributed by atoms with Crippen LogP contribution in [0.1, 0.15) is 22.3 Å². The van der Waals surface area contributed by atoms with Gasteiger partial charge in [-0.2, -0.15) is 0 Å². The zero-order chi connectivity index (χ0) is 13.5. The monoisotopic (exact) mass is 293 g/mol. The number of rotatable bonds is 6. The zero-order valence-electron chi connectivity index (χ0n) is 10.3. The fourth-order valence-corrected chi connectivity index (χ4v) is 2.92. The molecule has 0 saturated carbocycles. The molecule has 0 aromatic carbocycles. The molecule has 2 N–H and O–H groups in total. The summed E-state index contributed by atoms with van der Waals surface area (Å²) in [4.78, 5) is 13.5. The molecule has 2 heterocycles. The molecule has 1 atom stereocenters. The van der Waals surface area contributed by atoms with E-state index in [-0.39, 0.29) is 5.91 Å². The fraction of sp³-hybridized carbons (Fsp3) is 0.214. The van der Waals surface area contributed by atoms with Crippen molar-refractivity contribution in [3.63, 3.8) is 0 Å². The molecule has 0 aliphatic rings. The number of carbonyl (C=O) groups excluding carboxylic acids is 1. The Labute approximate surface area is 120 Å². The van der Waals surface area contributed by atoms with E-state index >= 15 is 0 Å². The Kier molecular flexibility index (Phi) is 5.32. The topological polar surface area (TPSA) is 49.3 Å². The molecule has 0 aliphatic carbocycles. The van der Waals surface area contributed by atoms with Gasteiger partial charge in [-0.25, -0.2) is 0 Å². The lowest BCUT2D eigenvalue weighted by Gasteiger charge is -2.08. The van der Waals surface area contributed by atoms with Gasteiger partial charge in [0.05, 0.1) is 6.10 Å². The van der Waals surface area contributed by atoms with Crippen LogP contribution in [-0.2, 0) is 4.79 Å². The second kappa shape index (κ2) is 7.23. The van der Waals surface area contributed by atoms with Gasteiger partial charge in [-0.1, -0.05) is 12.1 Å². The van der Waals surface area contributed by atoms with E-state index < -0.39 is 6.10 Å². The molecule has 0 fully saturated rings. The van der Waals surface area contributed by atoms with Crippen molar-refractivity contribution >= 4 is 34.7 Å². The van der Waals surface area contributed by atoms with Crippen molar-refractivity contribution in [3.05, 3.63) is 50.9 Å². The number of hydrogen-bond acceptors (Lipinski definition) is 4. The first-order valence-corrected chi connectivity index (χ1v) is 7.72. The third kappa shape index (κ3) is 4.63.